The molecule has 166 valence electrons. The van der Waals surface area contributed by atoms with Gasteiger partial charge in [-0.15, -0.1) is 10.2 Å². The smallest absolute Gasteiger partial charge is 0.306 e. The van der Waals surface area contributed by atoms with Crippen molar-refractivity contribution >= 4 is 28.3 Å². The van der Waals surface area contributed by atoms with Crippen LogP contribution >= 0.6 is 11.3 Å². The number of carbonyl (C=O) groups is 2. The summed E-state index contributed by atoms with van der Waals surface area (Å²) in [5, 5.41) is 21.1. The molecule has 31 heavy (non-hydrogen) atoms. The molecular weight excluding hydrogens is 420 g/mol. The first kappa shape index (κ1) is 21.6. The second-order valence-electron chi connectivity index (χ2n) is 7.99. The summed E-state index contributed by atoms with van der Waals surface area (Å²) in [4.78, 5) is 27.7. The molecule has 2 aliphatic rings. The summed E-state index contributed by atoms with van der Waals surface area (Å²) in [6.45, 7) is 0.417. The highest BCUT2D eigenvalue weighted by Crippen LogP contribution is 2.27. The van der Waals surface area contributed by atoms with Crippen LogP contribution in [0, 0.1) is 5.92 Å². The van der Waals surface area contributed by atoms with Gasteiger partial charge in [-0.05, 0) is 44.6 Å². The van der Waals surface area contributed by atoms with E-state index in [0.717, 1.165) is 17.8 Å². The first-order chi connectivity index (χ1) is 15.1. The van der Waals surface area contributed by atoms with Gasteiger partial charge in [0, 0.05) is 12.3 Å². The lowest BCUT2D eigenvalue weighted by Crippen LogP contribution is -2.28. The molecule has 9 nitrogen and oxygen atoms in total. The van der Waals surface area contributed by atoms with Crippen LogP contribution in [-0.2, 0) is 16.1 Å². The van der Waals surface area contributed by atoms with Crippen LogP contribution in [0.4, 0.5) is 5.13 Å². The van der Waals surface area contributed by atoms with Gasteiger partial charge in [-0.3, -0.25) is 14.9 Å². The van der Waals surface area contributed by atoms with Crippen LogP contribution in [0.2, 0.25) is 0 Å². The van der Waals surface area contributed by atoms with Crippen LogP contribution in [0.1, 0.15) is 66.7 Å². The van der Waals surface area contributed by atoms with Gasteiger partial charge in [-0.1, -0.05) is 24.2 Å². The molecule has 0 spiro atoms. The molecule has 0 bridgehead atoms. The van der Waals surface area contributed by atoms with Gasteiger partial charge in [0.1, 0.15) is 17.7 Å². The van der Waals surface area contributed by atoms with E-state index in [4.69, 9.17) is 14.6 Å². The average molecular weight is 447 g/mol. The Morgan fingerprint density at radius 3 is 2.52 bits per heavy atom. The molecule has 1 amide bonds. The van der Waals surface area contributed by atoms with Crippen LogP contribution < -0.4 is 10.1 Å². The van der Waals surface area contributed by atoms with E-state index < -0.39 is 5.97 Å². The summed E-state index contributed by atoms with van der Waals surface area (Å²) in [5.74, 6) is -0.914. The Balaban J connectivity index is 1.24. The molecule has 0 aromatic carbocycles. The van der Waals surface area contributed by atoms with Gasteiger partial charge in [-0.2, -0.15) is 0 Å². The van der Waals surface area contributed by atoms with E-state index in [2.05, 4.69) is 20.5 Å². The zero-order valence-electron chi connectivity index (χ0n) is 17.2. The Morgan fingerprint density at radius 2 is 1.84 bits per heavy atom. The molecular formula is C21H26N4O5S. The lowest BCUT2D eigenvalue weighted by Gasteiger charge is -2.26. The Hall–Kier alpha value is -2.59. The van der Waals surface area contributed by atoms with Crippen molar-refractivity contribution in [2.24, 2.45) is 5.92 Å². The minimum absolute atomic E-state index is 0.0472. The van der Waals surface area contributed by atoms with Crippen LogP contribution in [0.15, 0.2) is 18.3 Å². The maximum absolute atomic E-state index is 12.5. The predicted octanol–water partition coefficient (Wildman–Crippen LogP) is 3.67. The third-order valence-electron chi connectivity index (χ3n) is 5.74. The van der Waals surface area contributed by atoms with Gasteiger partial charge in [0.25, 0.3) is 5.91 Å². The topological polar surface area (TPSA) is 124 Å². The number of pyridine rings is 1. The van der Waals surface area contributed by atoms with Crippen molar-refractivity contribution in [1.29, 1.82) is 0 Å². The molecule has 2 aliphatic carbocycles. The molecule has 2 aromatic rings. The normalized spacial score (nSPS) is 21.7. The number of carboxylic acid groups (broad SMARTS) is 1. The fraction of sp³-hybridized carbons (Fsp3) is 0.571. The van der Waals surface area contributed by atoms with Crippen molar-refractivity contribution in [3.63, 3.8) is 0 Å². The Morgan fingerprint density at radius 1 is 1.06 bits per heavy atom. The minimum Gasteiger partial charge on any atom is -0.481 e. The van der Waals surface area contributed by atoms with Gasteiger partial charge in [-0.25, -0.2) is 4.98 Å². The third kappa shape index (κ3) is 5.98. The summed E-state index contributed by atoms with van der Waals surface area (Å²) >= 11 is 1.30. The molecule has 0 atom stereocenters. The van der Waals surface area contributed by atoms with E-state index in [-0.39, 0.29) is 17.9 Å². The van der Waals surface area contributed by atoms with Crippen molar-refractivity contribution in [3.8, 4) is 5.88 Å². The molecule has 0 radical (unpaired) electrons. The van der Waals surface area contributed by atoms with Gasteiger partial charge < -0.3 is 14.6 Å². The van der Waals surface area contributed by atoms with Gasteiger partial charge in [0.2, 0.25) is 11.0 Å². The number of hydrogen-bond acceptors (Lipinski definition) is 8. The molecule has 2 heterocycles. The van der Waals surface area contributed by atoms with Crippen LogP contribution in [0.3, 0.4) is 0 Å². The Labute approximate surface area is 184 Å². The fourth-order valence-electron chi connectivity index (χ4n) is 3.96. The largest absolute Gasteiger partial charge is 0.481 e. The lowest BCUT2D eigenvalue weighted by molar-refractivity contribution is -0.143. The highest BCUT2D eigenvalue weighted by Gasteiger charge is 2.27. The Kier molecular flexibility index (Phi) is 7.08. The molecule has 2 saturated carbocycles. The van der Waals surface area contributed by atoms with Crippen molar-refractivity contribution in [1.82, 2.24) is 15.2 Å². The third-order valence-corrected chi connectivity index (χ3v) is 6.55. The molecule has 0 unspecified atom stereocenters. The van der Waals surface area contributed by atoms with E-state index in [1.165, 1.54) is 30.4 Å². The fourth-order valence-corrected chi connectivity index (χ4v) is 4.62. The van der Waals surface area contributed by atoms with Crippen molar-refractivity contribution < 1.29 is 24.2 Å². The van der Waals surface area contributed by atoms with Crippen LogP contribution in [0.5, 0.6) is 5.88 Å². The molecule has 0 saturated heterocycles. The first-order valence-corrected chi connectivity index (χ1v) is 11.5. The quantitative estimate of drug-likeness (QED) is 0.630. The number of carbonyl (C=O) groups excluding carboxylic acids is 1. The van der Waals surface area contributed by atoms with Crippen LogP contribution in [0.25, 0.3) is 0 Å². The van der Waals surface area contributed by atoms with E-state index in [9.17, 15) is 9.59 Å². The maximum atomic E-state index is 12.5. The summed E-state index contributed by atoms with van der Waals surface area (Å²) in [6, 6.07) is 3.30. The molecule has 0 aliphatic heterocycles. The van der Waals surface area contributed by atoms with Crippen molar-refractivity contribution in [2.45, 2.75) is 70.2 Å². The lowest BCUT2D eigenvalue weighted by atomic mass is 9.87. The second kappa shape index (κ2) is 10.1. The summed E-state index contributed by atoms with van der Waals surface area (Å²) in [7, 11) is 0. The van der Waals surface area contributed by atoms with Crippen LogP contribution in [-0.4, -0.2) is 44.4 Å². The number of rotatable bonds is 8. The number of carboxylic acids is 1. The van der Waals surface area contributed by atoms with Gasteiger partial charge in [0.15, 0.2) is 0 Å². The number of amides is 1. The molecule has 2 N–H and O–H groups in total. The minimum atomic E-state index is -0.740. The average Bonchev–Trinajstić information content (AvgIpc) is 3.45. The molecule has 2 fully saturated rings. The summed E-state index contributed by atoms with van der Waals surface area (Å²) in [6.07, 6.45) is 8.92. The maximum Gasteiger partial charge on any atom is 0.306 e. The Bertz CT molecular complexity index is 889. The van der Waals surface area contributed by atoms with E-state index in [0.29, 0.717) is 55.0 Å². The highest BCUT2D eigenvalue weighted by molar-refractivity contribution is 7.15. The predicted molar refractivity (Wildman–Crippen MR) is 113 cm³/mol. The number of aromatic nitrogens is 3. The standard InChI is InChI=1S/C21H26N4O5S/c26-19(23-21-25-24-18(31-21)12-29-15-3-1-2-4-15)14-7-10-17(22-11-14)30-16-8-5-13(6-9-16)20(27)28/h7,10-11,13,15-16H,1-6,8-9,12H2,(H,27,28)(H,23,25,26)/t13-,16+. The SMILES string of the molecule is O=C(Nc1nnc(COC2CCCC2)s1)c1ccc(O[C@H]2CC[C@@H](C(=O)O)CC2)nc1. The molecule has 10 heteroatoms. The zero-order chi connectivity index (χ0) is 21.6. The van der Waals surface area contributed by atoms with E-state index >= 15 is 0 Å². The van der Waals surface area contributed by atoms with Gasteiger partial charge >= 0.3 is 5.97 Å². The van der Waals surface area contributed by atoms with Gasteiger partial charge in [0.05, 0.1) is 17.6 Å². The molecule has 2 aromatic heterocycles. The zero-order valence-corrected chi connectivity index (χ0v) is 18.0. The molecule has 4 rings (SSSR count). The van der Waals surface area contributed by atoms with Crippen molar-refractivity contribution in [2.75, 3.05) is 5.32 Å². The number of nitrogens with one attached hydrogen (secondary N) is 1. The summed E-state index contributed by atoms with van der Waals surface area (Å²) in [5.41, 5.74) is 0.390. The monoisotopic (exact) mass is 446 g/mol. The number of aliphatic carboxylic acids is 1. The number of nitrogens with zero attached hydrogens (tertiary/aromatic N) is 3. The number of anilines is 1. The summed E-state index contributed by atoms with van der Waals surface area (Å²) < 4.78 is 11.7. The number of hydrogen-bond donors (Lipinski definition) is 2. The van der Waals surface area contributed by atoms with Crippen molar-refractivity contribution in [3.05, 3.63) is 28.9 Å². The highest BCUT2D eigenvalue weighted by atomic mass is 32.1. The van der Waals surface area contributed by atoms with E-state index in [1.54, 1.807) is 12.1 Å². The number of ether oxygens (including phenoxy) is 2. The second-order valence-corrected chi connectivity index (χ2v) is 9.05. The first-order valence-electron chi connectivity index (χ1n) is 10.7. The van der Waals surface area contributed by atoms with E-state index in [1.807, 2.05) is 0 Å².